The van der Waals surface area contributed by atoms with Gasteiger partial charge in [0, 0.05) is 35.9 Å². The van der Waals surface area contributed by atoms with E-state index in [1.807, 2.05) is 60.8 Å². The Balaban J connectivity index is 1.54. The molecule has 0 radical (unpaired) electrons. The third kappa shape index (κ3) is 3.41. The first kappa shape index (κ1) is 19.0. The van der Waals surface area contributed by atoms with Crippen molar-refractivity contribution in [2.24, 2.45) is 11.8 Å². The normalized spacial score (nSPS) is 26.3. The number of nitrogens with zero attached hydrogens (tertiary/aromatic N) is 1. The van der Waals surface area contributed by atoms with Crippen LogP contribution in [0.5, 0.6) is 0 Å². The minimum absolute atomic E-state index is 0.249. The molecule has 3 aromatic rings. The minimum atomic E-state index is -0.297. The van der Waals surface area contributed by atoms with Crippen molar-refractivity contribution in [1.82, 2.24) is 4.98 Å². The number of piperidine rings is 3. The first-order chi connectivity index (χ1) is 14.7. The standard InChI is InChI=1S/C26H26N2O2/c1-2-18-17-28-15-13-20(18)16-24(28)25(30-26(29)19-8-4-3-5-9-19)22-12-14-27-23-11-7-6-10-21(22)23/h2-12,14,18,20,24-25H,1,13,15-17H2/p+1/t18-,20+,24+,25-/m0/s1. The monoisotopic (exact) mass is 399 g/mol. The van der Waals surface area contributed by atoms with Gasteiger partial charge >= 0.3 is 5.97 Å². The summed E-state index contributed by atoms with van der Waals surface area (Å²) in [5, 5.41) is 1.06. The molecule has 6 rings (SSSR count). The smallest absolute Gasteiger partial charge is 0.338 e. The SMILES string of the molecule is C=C[C@H]1C[NH+]2CC[C@@H]1C[C@@H]2[C@@H](OC(=O)c1ccccc1)c1ccnc2ccccc12. The molecule has 1 aromatic heterocycles. The maximum Gasteiger partial charge on any atom is 0.338 e. The Morgan fingerprint density at radius 3 is 2.70 bits per heavy atom. The molecule has 2 bridgehead atoms. The summed E-state index contributed by atoms with van der Waals surface area (Å²) in [5.41, 5.74) is 2.59. The fraction of sp³-hybridized carbons (Fsp3) is 0.308. The summed E-state index contributed by atoms with van der Waals surface area (Å²) >= 11 is 0. The zero-order chi connectivity index (χ0) is 20.5. The number of esters is 1. The second kappa shape index (κ2) is 8.04. The van der Waals surface area contributed by atoms with Crippen LogP contribution in [0.15, 0.2) is 79.5 Å². The molecule has 1 unspecified atom stereocenters. The number of benzene rings is 2. The van der Waals surface area contributed by atoms with Crippen LogP contribution < -0.4 is 4.90 Å². The molecule has 2 aromatic carbocycles. The van der Waals surface area contributed by atoms with E-state index in [0.29, 0.717) is 17.4 Å². The van der Waals surface area contributed by atoms with Gasteiger partial charge in [0.1, 0.15) is 6.04 Å². The topological polar surface area (TPSA) is 43.6 Å². The Labute approximate surface area is 177 Å². The molecule has 3 aliphatic heterocycles. The van der Waals surface area contributed by atoms with Crippen molar-refractivity contribution in [3.63, 3.8) is 0 Å². The highest BCUT2D eigenvalue weighted by molar-refractivity contribution is 5.90. The number of carbonyl (C=O) groups excluding carboxylic acids is 1. The van der Waals surface area contributed by atoms with Crippen LogP contribution in [0, 0.1) is 11.8 Å². The van der Waals surface area contributed by atoms with Gasteiger partial charge in [-0.25, -0.2) is 4.79 Å². The number of para-hydroxylation sites is 1. The van der Waals surface area contributed by atoms with Crippen molar-refractivity contribution in [3.8, 4) is 0 Å². The number of nitrogens with one attached hydrogen (secondary N) is 1. The van der Waals surface area contributed by atoms with Crippen LogP contribution in [0.2, 0.25) is 0 Å². The second-order valence-corrected chi connectivity index (χ2v) is 8.51. The fourth-order valence-electron chi connectivity index (χ4n) is 5.38. The maximum absolute atomic E-state index is 13.1. The summed E-state index contributed by atoms with van der Waals surface area (Å²) in [6, 6.07) is 19.7. The van der Waals surface area contributed by atoms with Crippen LogP contribution in [-0.2, 0) is 4.74 Å². The molecule has 0 spiro atoms. The van der Waals surface area contributed by atoms with E-state index in [9.17, 15) is 4.79 Å². The van der Waals surface area contributed by atoms with Crippen LogP contribution >= 0.6 is 0 Å². The van der Waals surface area contributed by atoms with Crippen LogP contribution in [0.4, 0.5) is 0 Å². The molecule has 3 fully saturated rings. The Hall–Kier alpha value is -2.98. The van der Waals surface area contributed by atoms with Crippen molar-refractivity contribution in [2.75, 3.05) is 13.1 Å². The molecule has 1 N–H and O–H groups in total. The van der Waals surface area contributed by atoms with Gasteiger partial charge in [0.15, 0.2) is 6.10 Å². The maximum atomic E-state index is 13.1. The lowest BCUT2D eigenvalue weighted by molar-refractivity contribution is -0.949. The number of rotatable bonds is 5. The Morgan fingerprint density at radius 1 is 1.13 bits per heavy atom. The Morgan fingerprint density at radius 2 is 1.93 bits per heavy atom. The Bertz CT molecular complexity index is 1060. The van der Waals surface area contributed by atoms with E-state index < -0.39 is 0 Å². The highest BCUT2D eigenvalue weighted by Crippen LogP contribution is 2.36. The van der Waals surface area contributed by atoms with E-state index in [-0.39, 0.29) is 18.1 Å². The highest BCUT2D eigenvalue weighted by atomic mass is 16.5. The van der Waals surface area contributed by atoms with E-state index in [0.717, 1.165) is 36.0 Å². The number of aromatic nitrogens is 1. The molecule has 3 saturated heterocycles. The Kier molecular flexibility index (Phi) is 5.09. The molecular weight excluding hydrogens is 372 g/mol. The van der Waals surface area contributed by atoms with Gasteiger partial charge in [-0.3, -0.25) is 4.98 Å². The number of pyridine rings is 1. The van der Waals surface area contributed by atoms with Crippen molar-refractivity contribution < 1.29 is 14.4 Å². The zero-order valence-electron chi connectivity index (χ0n) is 17.0. The molecular formula is C26H27N2O2+. The number of hydrogen-bond acceptors (Lipinski definition) is 3. The largest absolute Gasteiger partial charge is 0.447 e. The summed E-state index contributed by atoms with van der Waals surface area (Å²) in [6.07, 6.45) is 5.93. The third-order valence-electron chi connectivity index (χ3n) is 6.92. The molecule has 152 valence electrons. The molecule has 4 heteroatoms. The highest BCUT2D eigenvalue weighted by Gasteiger charge is 2.47. The number of carbonyl (C=O) groups is 1. The number of quaternary nitrogens is 1. The predicted octanol–water partition coefficient (Wildman–Crippen LogP) is 3.61. The fourth-order valence-corrected chi connectivity index (χ4v) is 5.38. The van der Waals surface area contributed by atoms with E-state index in [4.69, 9.17) is 4.74 Å². The number of hydrogen-bond donors (Lipinski definition) is 1. The first-order valence-corrected chi connectivity index (χ1v) is 10.8. The molecule has 0 aliphatic carbocycles. The van der Waals surface area contributed by atoms with Crippen molar-refractivity contribution in [2.45, 2.75) is 25.0 Å². The zero-order valence-corrected chi connectivity index (χ0v) is 17.0. The third-order valence-corrected chi connectivity index (χ3v) is 6.92. The molecule has 0 saturated carbocycles. The van der Waals surface area contributed by atoms with Crippen molar-refractivity contribution in [1.29, 1.82) is 0 Å². The molecule has 3 aliphatic rings. The van der Waals surface area contributed by atoms with Crippen LogP contribution in [0.3, 0.4) is 0 Å². The van der Waals surface area contributed by atoms with Gasteiger partial charge < -0.3 is 9.64 Å². The lowest BCUT2D eigenvalue weighted by Gasteiger charge is -2.48. The van der Waals surface area contributed by atoms with Gasteiger partial charge in [-0.1, -0.05) is 42.5 Å². The van der Waals surface area contributed by atoms with Gasteiger partial charge in [-0.2, -0.15) is 0 Å². The van der Waals surface area contributed by atoms with E-state index in [1.165, 1.54) is 11.3 Å². The van der Waals surface area contributed by atoms with Gasteiger partial charge in [0.05, 0.1) is 24.2 Å². The van der Waals surface area contributed by atoms with Gasteiger partial charge in [-0.05, 0) is 30.2 Å². The summed E-state index contributed by atoms with van der Waals surface area (Å²) in [5.74, 6) is 0.921. The average Bonchev–Trinajstić information content (AvgIpc) is 2.83. The van der Waals surface area contributed by atoms with Gasteiger partial charge in [-0.15, -0.1) is 6.58 Å². The second-order valence-electron chi connectivity index (χ2n) is 8.51. The van der Waals surface area contributed by atoms with Crippen LogP contribution in [0.25, 0.3) is 10.9 Å². The van der Waals surface area contributed by atoms with Gasteiger partial charge in [0.2, 0.25) is 0 Å². The van der Waals surface area contributed by atoms with E-state index in [1.54, 1.807) is 0 Å². The summed E-state index contributed by atoms with van der Waals surface area (Å²) in [4.78, 5) is 19.1. The predicted molar refractivity (Wildman–Crippen MR) is 117 cm³/mol. The summed E-state index contributed by atoms with van der Waals surface area (Å²) < 4.78 is 6.28. The molecule has 5 atom stereocenters. The van der Waals surface area contributed by atoms with Crippen molar-refractivity contribution >= 4 is 16.9 Å². The molecule has 30 heavy (non-hydrogen) atoms. The quantitative estimate of drug-likeness (QED) is 0.527. The number of fused-ring (bicyclic) bond motifs is 4. The lowest BCUT2D eigenvalue weighted by Crippen LogP contribution is -3.20. The summed E-state index contributed by atoms with van der Waals surface area (Å²) in [6.45, 7) is 6.25. The van der Waals surface area contributed by atoms with Gasteiger partial charge in [0.25, 0.3) is 0 Å². The molecule has 0 amide bonds. The summed E-state index contributed by atoms with van der Waals surface area (Å²) in [7, 11) is 0. The van der Waals surface area contributed by atoms with E-state index >= 15 is 0 Å². The van der Waals surface area contributed by atoms with Crippen LogP contribution in [-0.4, -0.2) is 30.1 Å². The molecule has 4 heterocycles. The van der Waals surface area contributed by atoms with Crippen molar-refractivity contribution in [3.05, 3.63) is 90.6 Å². The molecule has 4 nitrogen and oxygen atoms in total. The minimum Gasteiger partial charge on any atom is -0.447 e. The van der Waals surface area contributed by atoms with Crippen LogP contribution in [0.1, 0.15) is 34.9 Å². The lowest BCUT2D eigenvalue weighted by atomic mass is 9.73. The first-order valence-electron chi connectivity index (χ1n) is 10.8. The number of ether oxygens (including phenoxy) is 1. The average molecular weight is 400 g/mol. The van der Waals surface area contributed by atoms with E-state index in [2.05, 4.69) is 23.7 Å².